The van der Waals surface area contributed by atoms with Crippen LogP contribution in [-0.4, -0.2) is 18.0 Å². The van der Waals surface area contributed by atoms with Crippen LogP contribution < -0.4 is 0 Å². The van der Waals surface area contributed by atoms with Gasteiger partial charge in [0.15, 0.2) is 0 Å². The summed E-state index contributed by atoms with van der Waals surface area (Å²) in [5.41, 5.74) is 3.14. The molecule has 0 saturated carbocycles. The van der Waals surface area contributed by atoms with E-state index in [9.17, 15) is 0 Å². The van der Waals surface area contributed by atoms with Crippen molar-refractivity contribution in [3.05, 3.63) is 21.4 Å². The van der Waals surface area contributed by atoms with Gasteiger partial charge in [0.2, 0.25) is 0 Å². The summed E-state index contributed by atoms with van der Waals surface area (Å²) >= 11 is 1.91. The molecular weight excluding hydrogens is 214 g/mol. The smallest absolute Gasteiger partial charge is 0.0244 e. The van der Waals surface area contributed by atoms with Crippen molar-refractivity contribution >= 4 is 11.3 Å². The molecule has 92 valence electrons. The van der Waals surface area contributed by atoms with E-state index in [-0.39, 0.29) is 0 Å². The van der Waals surface area contributed by atoms with Crippen molar-refractivity contribution in [3.63, 3.8) is 0 Å². The van der Waals surface area contributed by atoms with Gasteiger partial charge in [0.05, 0.1) is 0 Å². The number of nitrogens with zero attached hydrogens (tertiary/aromatic N) is 1. The lowest BCUT2D eigenvalue weighted by Crippen LogP contribution is -2.24. The second-order valence-corrected chi connectivity index (χ2v) is 5.46. The van der Waals surface area contributed by atoms with E-state index in [4.69, 9.17) is 0 Å². The zero-order chi connectivity index (χ0) is 12.0. The van der Waals surface area contributed by atoms with E-state index in [0.29, 0.717) is 0 Å². The topological polar surface area (TPSA) is 3.24 Å². The largest absolute Gasteiger partial charge is 0.299 e. The summed E-state index contributed by atoms with van der Waals surface area (Å²) in [6.45, 7) is 12.6. The summed E-state index contributed by atoms with van der Waals surface area (Å²) in [4.78, 5) is 4.06. The van der Waals surface area contributed by atoms with Crippen molar-refractivity contribution in [2.45, 2.75) is 53.5 Å². The molecule has 0 N–H and O–H groups in total. The van der Waals surface area contributed by atoms with Crippen molar-refractivity contribution in [3.8, 4) is 0 Å². The van der Waals surface area contributed by atoms with Crippen LogP contribution in [0.25, 0.3) is 0 Å². The van der Waals surface area contributed by atoms with E-state index in [1.54, 1.807) is 11.1 Å². The fourth-order valence-corrected chi connectivity index (χ4v) is 3.06. The molecule has 1 rings (SSSR count). The molecule has 0 bridgehead atoms. The average Bonchev–Trinajstić information content (AvgIpc) is 2.64. The Kier molecular flexibility index (Phi) is 6.07. The van der Waals surface area contributed by atoms with Crippen LogP contribution in [0.5, 0.6) is 0 Å². The van der Waals surface area contributed by atoms with Gasteiger partial charge in [0.1, 0.15) is 0 Å². The molecule has 0 aliphatic rings. The number of unbranched alkanes of at least 4 members (excludes halogenated alkanes) is 1. The van der Waals surface area contributed by atoms with E-state index in [1.807, 2.05) is 11.3 Å². The molecule has 0 unspecified atom stereocenters. The summed E-state index contributed by atoms with van der Waals surface area (Å²) in [5.74, 6) is 0. The Hall–Kier alpha value is -0.340. The minimum Gasteiger partial charge on any atom is -0.299 e. The van der Waals surface area contributed by atoms with Gasteiger partial charge in [0, 0.05) is 11.4 Å². The summed E-state index contributed by atoms with van der Waals surface area (Å²) in [5, 5.41) is 2.35. The Morgan fingerprint density at radius 3 is 2.56 bits per heavy atom. The molecule has 0 fully saturated rings. The molecule has 1 aromatic heterocycles. The molecule has 0 spiro atoms. The minimum atomic E-state index is 1.14. The molecule has 0 aliphatic carbocycles. The lowest BCUT2D eigenvalue weighted by atomic mass is 10.1. The first kappa shape index (κ1) is 13.7. The predicted molar refractivity (Wildman–Crippen MR) is 74.3 cm³/mol. The third-order valence-corrected chi connectivity index (χ3v) is 4.22. The molecule has 1 nitrogen and oxygen atoms in total. The first-order valence-corrected chi connectivity index (χ1v) is 7.39. The monoisotopic (exact) mass is 239 g/mol. The highest BCUT2D eigenvalue weighted by Crippen LogP contribution is 2.23. The standard InChI is InChI=1S/C14H25NS/c1-5-8-9-15(7-3)10-13-11-16-12(4)14(13)6-2/h11H,5-10H2,1-4H3. The van der Waals surface area contributed by atoms with Gasteiger partial charge < -0.3 is 0 Å². The van der Waals surface area contributed by atoms with Gasteiger partial charge in [-0.2, -0.15) is 0 Å². The van der Waals surface area contributed by atoms with E-state index in [0.717, 1.165) is 13.1 Å². The zero-order valence-corrected chi connectivity index (χ0v) is 12.0. The number of hydrogen-bond acceptors (Lipinski definition) is 2. The van der Waals surface area contributed by atoms with Gasteiger partial charge in [0.25, 0.3) is 0 Å². The zero-order valence-electron chi connectivity index (χ0n) is 11.2. The molecule has 0 saturated heterocycles. The van der Waals surface area contributed by atoms with E-state index >= 15 is 0 Å². The first-order valence-electron chi connectivity index (χ1n) is 6.51. The Morgan fingerprint density at radius 2 is 2.00 bits per heavy atom. The van der Waals surface area contributed by atoms with Gasteiger partial charge in [-0.25, -0.2) is 0 Å². The molecule has 1 heterocycles. The van der Waals surface area contributed by atoms with Gasteiger partial charge in [-0.1, -0.05) is 27.2 Å². The van der Waals surface area contributed by atoms with Crippen molar-refractivity contribution < 1.29 is 0 Å². The van der Waals surface area contributed by atoms with E-state index in [1.165, 1.54) is 30.7 Å². The number of hydrogen-bond donors (Lipinski definition) is 0. The molecule has 0 aliphatic heterocycles. The lowest BCUT2D eigenvalue weighted by molar-refractivity contribution is 0.275. The quantitative estimate of drug-likeness (QED) is 0.688. The van der Waals surface area contributed by atoms with E-state index < -0.39 is 0 Å². The Morgan fingerprint density at radius 1 is 1.25 bits per heavy atom. The second kappa shape index (κ2) is 7.08. The van der Waals surface area contributed by atoms with Crippen molar-refractivity contribution in [2.24, 2.45) is 0 Å². The Labute approximate surface area is 104 Å². The third kappa shape index (κ3) is 3.60. The normalized spacial score (nSPS) is 11.3. The number of thiophene rings is 1. The summed E-state index contributed by atoms with van der Waals surface area (Å²) in [6, 6.07) is 0. The van der Waals surface area contributed by atoms with Crippen LogP contribution in [0, 0.1) is 6.92 Å². The molecule has 0 aromatic carbocycles. The van der Waals surface area contributed by atoms with Gasteiger partial charge in [-0.05, 0) is 49.4 Å². The van der Waals surface area contributed by atoms with Crippen LogP contribution in [-0.2, 0) is 13.0 Å². The fourth-order valence-electron chi connectivity index (χ4n) is 2.11. The van der Waals surface area contributed by atoms with Gasteiger partial charge in [-0.3, -0.25) is 4.90 Å². The Bertz CT molecular complexity index is 304. The average molecular weight is 239 g/mol. The summed E-state index contributed by atoms with van der Waals surface area (Å²) < 4.78 is 0. The summed E-state index contributed by atoms with van der Waals surface area (Å²) in [7, 11) is 0. The number of aryl methyl sites for hydroxylation is 1. The fraction of sp³-hybridized carbons (Fsp3) is 0.714. The molecule has 0 radical (unpaired) electrons. The number of rotatable bonds is 7. The van der Waals surface area contributed by atoms with Crippen molar-refractivity contribution in [1.29, 1.82) is 0 Å². The van der Waals surface area contributed by atoms with Crippen molar-refractivity contribution in [1.82, 2.24) is 4.90 Å². The van der Waals surface area contributed by atoms with Crippen LogP contribution in [0.15, 0.2) is 5.38 Å². The predicted octanol–water partition coefficient (Wildman–Crippen LogP) is 4.24. The molecule has 0 atom stereocenters. The van der Waals surface area contributed by atoms with Crippen LogP contribution >= 0.6 is 11.3 Å². The third-order valence-electron chi connectivity index (χ3n) is 3.21. The van der Waals surface area contributed by atoms with Crippen LogP contribution in [0.4, 0.5) is 0 Å². The maximum absolute atomic E-state index is 2.56. The molecule has 1 aromatic rings. The maximum atomic E-state index is 2.56. The molecule has 2 heteroatoms. The van der Waals surface area contributed by atoms with E-state index in [2.05, 4.69) is 38.0 Å². The first-order chi connectivity index (χ1) is 7.72. The Balaban J connectivity index is 2.62. The molecule has 16 heavy (non-hydrogen) atoms. The van der Waals surface area contributed by atoms with Gasteiger partial charge in [-0.15, -0.1) is 11.3 Å². The van der Waals surface area contributed by atoms with Crippen molar-refractivity contribution in [2.75, 3.05) is 13.1 Å². The van der Waals surface area contributed by atoms with Crippen LogP contribution in [0.2, 0.25) is 0 Å². The van der Waals surface area contributed by atoms with Gasteiger partial charge >= 0.3 is 0 Å². The highest BCUT2D eigenvalue weighted by molar-refractivity contribution is 7.10. The molecular formula is C14H25NS. The minimum absolute atomic E-state index is 1.14. The highest BCUT2D eigenvalue weighted by atomic mass is 32.1. The lowest BCUT2D eigenvalue weighted by Gasteiger charge is -2.20. The maximum Gasteiger partial charge on any atom is 0.0244 e. The second-order valence-electron chi connectivity index (χ2n) is 4.37. The molecule has 0 amide bonds. The van der Waals surface area contributed by atoms with Crippen LogP contribution in [0.3, 0.4) is 0 Å². The van der Waals surface area contributed by atoms with Crippen LogP contribution in [0.1, 0.15) is 49.6 Å². The SMILES string of the molecule is CCCCN(CC)Cc1csc(C)c1CC. The highest BCUT2D eigenvalue weighted by Gasteiger charge is 2.10. The summed E-state index contributed by atoms with van der Waals surface area (Å²) in [6.07, 6.45) is 3.79.